The van der Waals surface area contributed by atoms with Gasteiger partial charge in [-0.3, -0.25) is 4.79 Å². The van der Waals surface area contributed by atoms with Crippen molar-refractivity contribution in [3.05, 3.63) is 52.2 Å². The summed E-state index contributed by atoms with van der Waals surface area (Å²) in [6.07, 6.45) is 3.26. The van der Waals surface area contributed by atoms with Crippen LogP contribution in [0.15, 0.2) is 46.0 Å². The summed E-state index contributed by atoms with van der Waals surface area (Å²) in [4.78, 5) is 18.8. The summed E-state index contributed by atoms with van der Waals surface area (Å²) in [5, 5.41) is 5.31. The van der Waals surface area contributed by atoms with E-state index in [0.29, 0.717) is 28.7 Å². The van der Waals surface area contributed by atoms with Gasteiger partial charge in [-0.1, -0.05) is 30.3 Å². The van der Waals surface area contributed by atoms with E-state index in [1.165, 1.54) is 37.4 Å². The predicted octanol–water partition coefficient (Wildman–Crippen LogP) is 4.01. The SMILES string of the molecule is O=C(Nc1nc2c(s1)CCc1ccccc1-2)C1CCCN(S(=O)(=O)c2cccs2)C1. The Morgan fingerprint density at radius 1 is 1.17 bits per heavy atom. The molecule has 6 nitrogen and oxygen atoms in total. The van der Waals surface area contributed by atoms with Crippen LogP contribution in [0.2, 0.25) is 0 Å². The topological polar surface area (TPSA) is 79.4 Å². The van der Waals surface area contributed by atoms with Crippen LogP contribution in [-0.2, 0) is 27.7 Å². The molecule has 1 amide bonds. The molecule has 1 aliphatic heterocycles. The van der Waals surface area contributed by atoms with Crippen LogP contribution < -0.4 is 5.32 Å². The number of carbonyl (C=O) groups excluding carboxylic acids is 1. The van der Waals surface area contributed by atoms with Gasteiger partial charge in [0.2, 0.25) is 5.91 Å². The maximum absolute atomic E-state index is 12.9. The molecular formula is C21H21N3O3S3. The van der Waals surface area contributed by atoms with Gasteiger partial charge in [-0.05, 0) is 42.7 Å². The Morgan fingerprint density at radius 3 is 2.87 bits per heavy atom. The number of fused-ring (bicyclic) bond motifs is 3. The maximum Gasteiger partial charge on any atom is 0.252 e. The van der Waals surface area contributed by atoms with Crippen molar-refractivity contribution < 1.29 is 13.2 Å². The second-order valence-electron chi connectivity index (χ2n) is 7.57. The van der Waals surface area contributed by atoms with Gasteiger partial charge in [-0.25, -0.2) is 13.4 Å². The number of thiophene rings is 1. The molecule has 1 fully saturated rings. The third kappa shape index (κ3) is 3.60. The van der Waals surface area contributed by atoms with E-state index < -0.39 is 10.0 Å². The number of aromatic nitrogens is 1. The average Bonchev–Trinajstić information content (AvgIpc) is 3.44. The minimum absolute atomic E-state index is 0.152. The Balaban J connectivity index is 1.31. The first-order valence-corrected chi connectivity index (χ1v) is 13.1. The van der Waals surface area contributed by atoms with E-state index in [0.717, 1.165) is 24.1 Å². The van der Waals surface area contributed by atoms with E-state index in [9.17, 15) is 13.2 Å². The lowest BCUT2D eigenvalue weighted by atomic mass is 9.94. The number of aryl methyl sites for hydroxylation is 2. The molecule has 3 aromatic rings. The summed E-state index contributed by atoms with van der Waals surface area (Å²) >= 11 is 2.73. The molecule has 1 N–H and O–H groups in total. The zero-order chi connectivity index (χ0) is 20.7. The van der Waals surface area contributed by atoms with Crippen LogP contribution in [0, 0.1) is 5.92 Å². The molecule has 3 heterocycles. The molecule has 1 atom stereocenters. The monoisotopic (exact) mass is 459 g/mol. The van der Waals surface area contributed by atoms with Gasteiger partial charge in [0.05, 0.1) is 11.6 Å². The standard InChI is InChI=1S/C21H21N3O3S3/c25-20(15-6-3-11-24(13-15)30(26,27)18-8-4-12-28-18)23-21-22-19-16-7-2-1-5-14(16)9-10-17(19)29-21/h1-2,4-5,7-8,12,15H,3,6,9-11,13H2,(H,22,23,25). The smallest absolute Gasteiger partial charge is 0.252 e. The molecule has 0 saturated carbocycles. The van der Waals surface area contributed by atoms with Crippen molar-refractivity contribution in [2.24, 2.45) is 5.92 Å². The van der Waals surface area contributed by atoms with E-state index >= 15 is 0 Å². The molecule has 156 valence electrons. The largest absolute Gasteiger partial charge is 0.302 e. The van der Waals surface area contributed by atoms with Crippen LogP contribution >= 0.6 is 22.7 Å². The number of rotatable bonds is 4. The highest BCUT2D eigenvalue weighted by atomic mass is 32.2. The minimum atomic E-state index is -3.53. The maximum atomic E-state index is 12.9. The van der Waals surface area contributed by atoms with Gasteiger partial charge < -0.3 is 5.32 Å². The Labute approximate surface area is 183 Å². The van der Waals surface area contributed by atoms with Gasteiger partial charge in [-0.15, -0.1) is 22.7 Å². The summed E-state index contributed by atoms with van der Waals surface area (Å²) < 4.78 is 27.4. The number of benzene rings is 1. The summed E-state index contributed by atoms with van der Waals surface area (Å²) in [5.74, 6) is -0.526. The molecule has 30 heavy (non-hydrogen) atoms. The van der Waals surface area contributed by atoms with Crippen LogP contribution in [0.25, 0.3) is 11.3 Å². The number of hydrogen-bond donors (Lipinski definition) is 1. The van der Waals surface area contributed by atoms with Crippen molar-refractivity contribution in [3.63, 3.8) is 0 Å². The first-order valence-electron chi connectivity index (χ1n) is 9.95. The molecule has 1 aromatic carbocycles. The molecule has 2 aliphatic rings. The Kier molecular flexibility index (Phi) is 5.22. The first-order chi connectivity index (χ1) is 14.5. The Morgan fingerprint density at radius 2 is 2.03 bits per heavy atom. The number of sulfonamides is 1. The van der Waals surface area contributed by atoms with E-state index in [2.05, 4.69) is 17.4 Å². The molecular weight excluding hydrogens is 438 g/mol. The minimum Gasteiger partial charge on any atom is -0.302 e. The number of amides is 1. The molecule has 0 bridgehead atoms. The van der Waals surface area contributed by atoms with Crippen LogP contribution in [0.5, 0.6) is 0 Å². The molecule has 1 unspecified atom stereocenters. The highest BCUT2D eigenvalue weighted by Crippen LogP contribution is 2.38. The number of piperidine rings is 1. The van der Waals surface area contributed by atoms with E-state index in [-0.39, 0.29) is 18.4 Å². The number of thiazole rings is 1. The van der Waals surface area contributed by atoms with Crippen molar-refractivity contribution in [2.75, 3.05) is 18.4 Å². The summed E-state index contributed by atoms with van der Waals surface area (Å²) in [5.41, 5.74) is 3.39. The molecule has 1 saturated heterocycles. The van der Waals surface area contributed by atoms with Crippen LogP contribution in [-0.4, -0.2) is 36.7 Å². The third-order valence-electron chi connectivity index (χ3n) is 5.67. The molecule has 2 aromatic heterocycles. The number of hydrogen-bond acceptors (Lipinski definition) is 6. The Hall–Kier alpha value is -2.07. The fourth-order valence-electron chi connectivity index (χ4n) is 4.12. The lowest BCUT2D eigenvalue weighted by molar-refractivity contribution is -0.120. The average molecular weight is 460 g/mol. The second kappa shape index (κ2) is 7.88. The van der Waals surface area contributed by atoms with Gasteiger partial charge in [0.1, 0.15) is 4.21 Å². The van der Waals surface area contributed by atoms with Crippen molar-refractivity contribution in [2.45, 2.75) is 29.9 Å². The molecule has 9 heteroatoms. The number of anilines is 1. The summed E-state index contributed by atoms with van der Waals surface area (Å²) in [6, 6.07) is 11.6. The normalized spacial score (nSPS) is 19.1. The predicted molar refractivity (Wildman–Crippen MR) is 119 cm³/mol. The van der Waals surface area contributed by atoms with Gasteiger partial charge >= 0.3 is 0 Å². The lowest BCUT2D eigenvalue weighted by Crippen LogP contribution is -2.43. The highest BCUT2D eigenvalue weighted by Gasteiger charge is 2.34. The zero-order valence-corrected chi connectivity index (χ0v) is 18.7. The fraction of sp³-hybridized carbons (Fsp3) is 0.333. The van der Waals surface area contributed by atoms with Crippen molar-refractivity contribution in [1.29, 1.82) is 0 Å². The lowest BCUT2D eigenvalue weighted by Gasteiger charge is -2.30. The quantitative estimate of drug-likeness (QED) is 0.639. The van der Waals surface area contributed by atoms with Gasteiger partial charge in [0.15, 0.2) is 5.13 Å². The number of nitrogens with one attached hydrogen (secondary N) is 1. The van der Waals surface area contributed by atoms with Crippen LogP contribution in [0.1, 0.15) is 23.3 Å². The highest BCUT2D eigenvalue weighted by molar-refractivity contribution is 7.91. The first kappa shape index (κ1) is 19.9. The van der Waals surface area contributed by atoms with Crippen molar-refractivity contribution in [1.82, 2.24) is 9.29 Å². The summed E-state index contributed by atoms with van der Waals surface area (Å²) in [6.45, 7) is 0.659. The van der Waals surface area contributed by atoms with Crippen molar-refractivity contribution >= 4 is 43.7 Å². The van der Waals surface area contributed by atoms with Gasteiger partial charge in [0, 0.05) is 23.5 Å². The second-order valence-corrected chi connectivity index (χ2v) is 11.8. The van der Waals surface area contributed by atoms with Crippen LogP contribution in [0.4, 0.5) is 5.13 Å². The molecule has 1 aliphatic carbocycles. The van der Waals surface area contributed by atoms with Gasteiger partial charge in [-0.2, -0.15) is 4.31 Å². The van der Waals surface area contributed by atoms with Gasteiger partial charge in [0.25, 0.3) is 10.0 Å². The zero-order valence-electron chi connectivity index (χ0n) is 16.2. The third-order valence-corrected chi connectivity index (χ3v) is 9.93. The number of carbonyl (C=O) groups is 1. The molecule has 0 spiro atoms. The van der Waals surface area contributed by atoms with E-state index in [4.69, 9.17) is 4.98 Å². The molecule has 0 radical (unpaired) electrons. The number of nitrogens with zero attached hydrogens (tertiary/aromatic N) is 2. The Bertz CT molecular complexity index is 1190. The summed E-state index contributed by atoms with van der Waals surface area (Å²) in [7, 11) is -3.53. The van der Waals surface area contributed by atoms with E-state index in [1.54, 1.807) is 17.5 Å². The molecule has 5 rings (SSSR count). The van der Waals surface area contributed by atoms with Crippen LogP contribution in [0.3, 0.4) is 0 Å². The van der Waals surface area contributed by atoms with E-state index in [1.807, 2.05) is 12.1 Å². The van der Waals surface area contributed by atoms with Crippen molar-refractivity contribution in [3.8, 4) is 11.3 Å². The fourth-order valence-corrected chi connectivity index (χ4v) is 7.77.